The van der Waals surface area contributed by atoms with E-state index in [9.17, 15) is 4.79 Å². The molecule has 6 heteroatoms. The number of anilines is 3. The van der Waals surface area contributed by atoms with Gasteiger partial charge in [-0.2, -0.15) is 0 Å². The van der Waals surface area contributed by atoms with E-state index in [2.05, 4.69) is 40.2 Å². The zero-order valence-corrected chi connectivity index (χ0v) is 14.6. The molecule has 0 saturated heterocycles. The predicted molar refractivity (Wildman–Crippen MR) is 96.9 cm³/mol. The van der Waals surface area contributed by atoms with Gasteiger partial charge >= 0.3 is 0 Å². The number of nitrogens with one attached hydrogen (secondary N) is 1. The maximum Gasteiger partial charge on any atom is 0.277 e. The Hall–Kier alpha value is -2.63. The Morgan fingerprint density at radius 1 is 1.25 bits per heavy atom. The third-order valence-corrected chi connectivity index (χ3v) is 4.39. The molecule has 24 heavy (non-hydrogen) atoms. The second kappa shape index (κ2) is 6.47. The number of hydrogen-bond donors (Lipinski definition) is 1. The van der Waals surface area contributed by atoms with E-state index in [0.717, 1.165) is 30.0 Å². The molecule has 0 aliphatic carbocycles. The van der Waals surface area contributed by atoms with Gasteiger partial charge in [-0.25, -0.2) is 9.97 Å². The summed E-state index contributed by atoms with van der Waals surface area (Å²) in [6.07, 6.45) is 0.903. The zero-order chi connectivity index (χ0) is 17.3. The van der Waals surface area contributed by atoms with Crippen LogP contribution >= 0.6 is 0 Å². The Balaban J connectivity index is 2.08. The second-order valence-corrected chi connectivity index (χ2v) is 6.19. The van der Waals surface area contributed by atoms with Crippen LogP contribution in [-0.2, 0) is 0 Å². The summed E-state index contributed by atoms with van der Waals surface area (Å²) in [6.45, 7) is 4.86. The molecule has 2 aromatic rings. The Kier molecular flexibility index (Phi) is 4.38. The fourth-order valence-corrected chi connectivity index (χ4v) is 3.08. The van der Waals surface area contributed by atoms with Gasteiger partial charge in [-0.15, -0.1) is 0 Å². The lowest BCUT2D eigenvalue weighted by Crippen LogP contribution is -2.39. The molecular weight excluding hydrogens is 302 g/mol. The van der Waals surface area contributed by atoms with Gasteiger partial charge in [0.15, 0.2) is 0 Å². The molecule has 0 radical (unpaired) electrons. The average molecular weight is 325 g/mol. The van der Waals surface area contributed by atoms with Gasteiger partial charge in [0, 0.05) is 32.4 Å². The summed E-state index contributed by atoms with van der Waals surface area (Å²) < 4.78 is 0. The van der Waals surface area contributed by atoms with Crippen LogP contribution in [0.25, 0.3) is 0 Å². The van der Waals surface area contributed by atoms with E-state index >= 15 is 0 Å². The van der Waals surface area contributed by atoms with E-state index in [4.69, 9.17) is 0 Å². The molecule has 1 aromatic heterocycles. The highest BCUT2D eigenvalue weighted by Crippen LogP contribution is 2.34. The van der Waals surface area contributed by atoms with E-state index < -0.39 is 0 Å². The highest BCUT2D eigenvalue weighted by molar-refractivity contribution is 6.07. The van der Waals surface area contributed by atoms with Crippen molar-refractivity contribution < 1.29 is 4.79 Å². The first-order valence-electron chi connectivity index (χ1n) is 8.18. The number of aryl methyl sites for hydroxylation is 1. The molecule has 6 nitrogen and oxygen atoms in total. The zero-order valence-electron chi connectivity index (χ0n) is 14.6. The lowest BCUT2D eigenvalue weighted by molar-refractivity contribution is 0.0973. The summed E-state index contributed by atoms with van der Waals surface area (Å²) in [5.41, 5.74) is 3.18. The summed E-state index contributed by atoms with van der Waals surface area (Å²) in [7, 11) is 3.81. The standard InChI is InChI=1S/C18H23N5O/c1-12-11-14(21-18(19-3)20-12)17(24)23-13(2)9-10-22(4)15-7-5-6-8-16(15)23/h5-8,11,13H,9-10H2,1-4H3,(H,19,20,21). The van der Waals surface area contributed by atoms with Crippen molar-refractivity contribution in [3.63, 3.8) is 0 Å². The monoisotopic (exact) mass is 325 g/mol. The van der Waals surface area contributed by atoms with Crippen molar-refractivity contribution in [2.45, 2.75) is 26.3 Å². The number of para-hydroxylation sites is 2. The van der Waals surface area contributed by atoms with Crippen molar-refractivity contribution in [2.24, 2.45) is 0 Å². The van der Waals surface area contributed by atoms with Crippen LogP contribution in [0, 0.1) is 6.92 Å². The molecule has 0 spiro atoms. The van der Waals surface area contributed by atoms with Gasteiger partial charge in [0.2, 0.25) is 5.95 Å². The van der Waals surface area contributed by atoms with E-state index in [-0.39, 0.29) is 11.9 Å². The number of nitrogens with zero attached hydrogens (tertiary/aromatic N) is 4. The molecular formula is C18H23N5O. The minimum atomic E-state index is -0.0905. The van der Waals surface area contributed by atoms with Crippen LogP contribution in [0.1, 0.15) is 29.5 Å². The topological polar surface area (TPSA) is 61.4 Å². The highest BCUT2D eigenvalue weighted by atomic mass is 16.2. The van der Waals surface area contributed by atoms with Gasteiger partial charge in [0.25, 0.3) is 5.91 Å². The Morgan fingerprint density at radius 3 is 2.67 bits per heavy atom. The number of carbonyl (C=O) groups is 1. The van der Waals surface area contributed by atoms with Gasteiger partial charge in [0.1, 0.15) is 5.69 Å². The second-order valence-electron chi connectivity index (χ2n) is 6.19. The fourth-order valence-electron chi connectivity index (χ4n) is 3.08. The average Bonchev–Trinajstić information content (AvgIpc) is 2.71. The van der Waals surface area contributed by atoms with Crippen LogP contribution in [0.3, 0.4) is 0 Å². The third-order valence-electron chi connectivity index (χ3n) is 4.39. The van der Waals surface area contributed by atoms with Crippen molar-refractivity contribution in [1.29, 1.82) is 0 Å². The van der Waals surface area contributed by atoms with E-state index in [1.807, 2.05) is 30.0 Å². The van der Waals surface area contributed by atoms with Crippen LogP contribution < -0.4 is 15.1 Å². The lowest BCUT2D eigenvalue weighted by Gasteiger charge is -2.28. The largest absolute Gasteiger partial charge is 0.373 e. The molecule has 1 aliphatic heterocycles. The molecule has 0 saturated carbocycles. The molecule has 1 atom stereocenters. The quantitative estimate of drug-likeness (QED) is 0.920. The summed E-state index contributed by atoms with van der Waals surface area (Å²) in [5, 5.41) is 2.91. The van der Waals surface area contributed by atoms with Crippen molar-refractivity contribution in [1.82, 2.24) is 9.97 Å². The van der Waals surface area contributed by atoms with Crippen LogP contribution in [0.4, 0.5) is 17.3 Å². The number of benzene rings is 1. The molecule has 126 valence electrons. The van der Waals surface area contributed by atoms with Crippen molar-refractivity contribution >= 4 is 23.2 Å². The number of amides is 1. The van der Waals surface area contributed by atoms with Gasteiger partial charge < -0.3 is 15.1 Å². The summed E-state index contributed by atoms with van der Waals surface area (Å²) in [5.74, 6) is 0.374. The smallest absolute Gasteiger partial charge is 0.277 e. The molecule has 1 unspecified atom stereocenters. The number of rotatable bonds is 2. The number of carbonyl (C=O) groups excluding carboxylic acids is 1. The van der Waals surface area contributed by atoms with Crippen LogP contribution in [0.15, 0.2) is 30.3 Å². The lowest BCUT2D eigenvalue weighted by atomic mass is 10.1. The molecule has 3 rings (SSSR count). The Bertz CT molecular complexity index is 761. The summed E-state index contributed by atoms with van der Waals surface area (Å²) in [4.78, 5) is 25.9. The summed E-state index contributed by atoms with van der Waals surface area (Å²) in [6, 6.07) is 9.86. The van der Waals surface area contributed by atoms with Gasteiger partial charge in [-0.3, -0.25) is 4.79 Å². The maximum atomic E-state index is 13.2. The first-order valence-corrected chi connectivity index (χ1v) is 8.18. The minimum absolute atomic E-state index is 0.0905. The SMILES string of the molecule is CNc1nc(C)cc(C(=O)N2c3ccccc3N(C)CCC2C)n1. The highest BCUT2D eigenvalue weighted by Gasteiger charge is 2.30. The molecule has 1 aliphatic rings. The number of hydrogen-bond acceptors (Lipinski definition) is 5. The van der Waals surface area contributed by atoms with Crippen LogP contribution in [-0.4, -0.2) is 42.6 Å². The minimum Gasteiger partial charge on any atom is -0.373 e. The van der Waals surface area contributed by atoms with E-state index in [0.29, 0.717) is 11.6 Å². The molecule has 1 N–H and O–H groups in total. The number of fused-ring (bicyclic) bond motifs is 1. The first kappa shape index (κ1) is 16.2. The fraction of sp³-hybridized carbons (Fsp3) is 0.389. The van der Waals surface area contributed by atoms with Gasteiger partial charge in [0.05, 0.1) is 11.4 Å². The van der Waals surface area contributed by atoms with Crippen LogP contribution in [0.2, 0.25) is 0 Å². The molecule has 2 heterocycles. The molecule has 1 amide bonds. The predicted octanol–water partition coefficient (Wildman–Crippen LogP) is 2.70. The van der Waals surface area contributed by atoms with E-state index in [1.54, 1.807) is 13.1 Å². The summed E-state index contributed by atoms with van der Waals surface area (Å²) >= 11 is 0. The van der Waals surface area contributed by atoms with Crippen molar-refractivity contribution in [2.75, 3.05) is 35.8 Å². The first-order chi connectivity index (χ1) is 11.5. The number of aromatic nitrogens is 2. The molecule has 1 aromatic carbocycles. The Labute approximate surface area is 142 Å². The Morgan fingerprint density at radius 2 is 1.96 bits per heavy atom. The molecule has 0 bridgehead atoms. The maximum absolute atomic E-state index is 13.2. The van der Waals surface area contributed by atoms with Crippen LogP contribution in [0.5, 0.6) is 0 Å². The van der Waals surface area contributed by atoms with Crippen molar-refractivity contribution in [3.8, 4) is 0 Å². The van der Waals surface area contributed by atoms with Crippen molar-refractivity contribution in [3.05, 3.63) is 41.7 Å². The van der Waals surface area contributed by atoms with Gasteiger partial charge in [-0.1, -0.05) is 12.1 Å². The molecule has 0 fully saturated rings. The van der Waals surface area contributed by atoms with E-state index in [1.165, 1.54) is 0 Å². The normalized spacial score (nSPS) is 17.2. The third kappa shape index (κ3) is 2.91. The van der Waals surface area contributed by atoms with Gasteiger partial charge in [-0.05, 0) is 38.5 Å².